The van der Waals surface area contributed by atoms with Crippen LogP contribution in [0.3, 0.4) is 0 Å². The van der Waals surface area contributed by atoms with Gasteiger partial charge in [0.05, 0.1) is 12.0 Å². The van der Waals surface area contributed by atoms with Gasteiger partial charge in [-0.25, -0.2) is 0 Å². The van der Waals surface area contributed by atoms with E-state index in [1.54, 1.807) is 11.8 Å². The highest BCUT2D eigenvalue weighted by atomic mass is 16.5. The van der Waals surface area contributed by atoms with Gasteiger partial charge in [-0.1, -0.05) is 12.1 Å². The number of unbranched alkanes of at least 4 members (excludes halogenated alkanes) is 1. The van der Waals surface area contributed by atoms with Crippen LogP contribution in [0.2, 0.25) is 0 Å². The Morgan fingerprint density at radius 1 is 1.29 bits per heavy atom. The van der Waals surface area contributed by atoms with Crippen molar-refractivity contribution in [3.63, 3.8) is 0 Å². The predicted molar refractivity (Wildman–Crippen MR) is 92.2 cm³/mol. The van der Waals surface area contributed by atoms with Crippen LogP contribution < -0.4 is 4.74 Å². The van der Waals surface area contributed by atoms with E-state index in [1.165, 1.54) is 5.56 Å². The van der Waals surface area contributed by atoms with Crippen molar-refractivity contribution in [3.05, 3.63) is 29.3 Å². The van der Waals surface area contributed by atoms with Crippen LogP contribution >= 0.6 is 0 Å². The first kappa shape index (κ1) is 18.3. The number of hydrogen-bond donors (Lipinski definition) is 1. The minimum absolute atomic E-state index is 0.0479. The Morgan fingerprint density at radius 2 is 2.04 bits per heavy atom. The third-order valence-electron chi connectivity index (χ3n) is 4.73. The van der Waals surface area contributed by atoms with Crippen molar-refractivity contribution in [2.75, 3.05) is 19.7 Å². The molecule has 0 aliphatic carbocycles. The summed E-state index contributed by atoms with van der Waals surface area (Å²) < 4.78 is 5.79. The highest BCUT2D eigenvalue weighted by molar-refractivity contribution is 5.80. The molecule has 1 aromatic carbocycles. The number of carboxylic acids is 1. The number of aliphatic carboxylic acids is 1. The quantitative estimate of drug-likeness (QED) is 0.778. The molecule has 1 N–H and O–H groups in total. The summed E-state index contributed by atoms with van der Waals surface area (Å²) in [5.74, 6) is 0.129. The summed E-state index contributed by atoms with van der Waals surface area (Å²) in [6.07, 6.45) is 2.54. The standard InChI is InChI=1S/C19H27NO4/c1-14-7-8-15(2)16(12-14)24-11-5-4-6-17(21)20-10-9-19(3,13-20)18(22)23/h7-8,12H,4-6,9-11,13H2,1-3H3,(H,22,23)/t19-/m1/s1. The first-order chi connectivity index (χ1) is 11.3. The monoisotopic (exact) mass is 333 g/mol. The lowest BCUT2D eigenvalue weighted by Gasteiger charge is -2.20. The second-order valence-corrected chi connectivity index (χ2v) is 7.01. The van der Waals surface area contributed by atoms with Gasteiger partial charge in [0.2, 0.25) is 5.91 Å². The number of rotatable bonds is 7. The van der Waals surface area contributed by atoms with Crippen molar-refractivity contribution in [2.45, 2.75) is 46.5 Å². The van der Waals surface area contributed by atoms with Gasteiger partial charge in [0.25, 0.3) is 0 Å². The van der Waals surface area contributed by atoms with Gasteiger partial charge < -0.3 is 14.7 Å². The smallest absolute Gasteiger partial charge is 0.311 e. The van der Waals surface area contributed by atoms with Gasteiger partial charge in [0.15, 0.2) is 0 Å². The van der Waals surface area contributed by atoms with Crippen LogP contribution in [0.4, 0.5) is 0 Å². The van der Waals surface area contributed by atoms with Gasteiger partial charge in [-0.15, -0.1) is 0 Å². The number of carboxylic acid groups (broad SMARTS) is 1. The summed E-state index contributed by atoms with van der Waals surface area (Å²) in [7, 11) is 0. The van der Waals surface area contributed by atoms with Gasteiger partial charge in [0, 0.05) is 19.5 Å². The molecule has 1 fully saturated rings. The molecule has 1 aliphatic rings. The van der Waals surface area contributed by atoms with Crippen molar-refractivity contribution in [1.82, 2.24) is 4.90 Å². The highest BCUT2D eigenvalue weighted by Crippen LogP contribution is 2.30. The average Bonchev–Trinajstić information content (AvgIpc) is 2.94. The maximum absolute atomic E-state index is 12.2. The topological polar surface area (TPSA) is 66.8 Å². The number of hydrogen-bond acceptors (Lipinski definition) is 3. The van der Waals surface area contributed by atoms with E-state index in [0.717, 1.165) is 24.2 Å². The summed E-state index contributed by atoms with van der Waals surface area (Å²) in [6, 6.07) is 6.13. The van der Waals surface area contributed by atoms with Crippen LogP contribution in [-0.4, -0.2) is 41.6 Å². The molecular formula is C19H27NO4. The molecule has 0 radical (unpaired) electrons. The lowest BCUT2D eigenvalue weighted by atomic mass is 9.90. The molecule has 1 saturated heterocycles. The van der Waals surface area contributed by atoms with Gasteiger partial charge >= 0.3 is 5.97 Å². The molecule has 0 aromatic heterocycles. The van der Waals surface area contributed by atoms with E-state index < -0.39 is 11.4 Å². The Labute approximate surface area is 143 Å². The molecule has 0 unspecified atom stereocenters. The summed E-state index contributed by atoms with van der Waals surface area (Å²) >= 11 is 0. The molecule has 1 amide bonds. The van der Waals surface area contributed by atoms with Crippen LogP contribution in [-0.2, 0) is 9.59 Å². The average molecular weight is 333 g/mol. The molecule has 24 heavy (non-hydrogen) atoms. The maximum Gasteiger partial charge on any atom is 0.311 e. The van der Waals surface area contributed by atoms with Crippen LogP contribution in [0.1, 0.15) is 43.7 Å². The Hall–Kier alpha value is -2.04. The molecule has 0 bridgehead atoms. The van der Waals surface area contributed by atoms with Gasteiger partial charge in [-0.05, 0) is 57.2 Å². The van der Waals surface area contributed by atoms with Crippen molar-refractivity contribution in [2.24, 2.45) is 5.41 Å². The fourth-order valence-corrected chi connectivity index (χ4v) is 2.93. The summed E-state index contributed by atoms with van der Waals surface area (Å²) in [6.45, 7) is 7.21. The maximum atomic E-state index is 12.2. The lowest BCUT2D eigenvalue weighted by molar-refractivity contribution is -0.147. The summed E-state index contributed by atoms with van der Waals surface area (Å²) in [5, 5.41) is 9.21. The SMILES string of the molecule is Cc1ccc(C)c(OCCCCC(=O)N2CC[C@@](C)(C(=O)O)C2)c1. The zero-order valence-electron chi connectivity index (χ0n) is 14.8. The highest BCUT2D eigenvalue weighted by Gasteiger charge is 2.41. The van der Waals surface area contributed by atoms with Crippen molar-refractivity contribution >= 4 is 11.9 Å². The molecule has 0 saturated carbocycles. The van der Waals surface area contributed by atoms with E-state index in [0.29, 0.717) is 32.5 Å². The normalized spacial score (nSPS) is 20.2. The second kappa shape index (κ2) is 7.69. The van der Waals surface area contributed by atoms with E-state index >= 15 is 0 Å². The zero-order valence-corrected chi connectivity index (χ0v) is 14.8. The number of amides is 1. The van der Waals surface area contributed by atoms with Crippen molar-refractivity contribution in [3.8, 4) is 5.75 Å². The number of carbonyl (C=O) groups is 2. The van der Waals surface area contributed by atoms with Crippen LogP contribution in [0.5, 0.6) is 5.75 Å². The Morgan fingerprint density at radius 3 is 2.71 bits per heavy atom. The lowest BCUT2D eigenvalue weighted by Crippen LogP contribution is -2.34. The van der Waals surface area contributed by atoms with E-state index in [1.807, 2.05) is 26.0 Å². The molecule has 2 rings (SSSR count). The van der Waals surface area contributed by atoms with Gasteiger partial charge in [0.1, 0.15) is 5.75 Å². The first-order valence-electron chi connectivity index (χ1n) is 8.53. The largest absolute Gasteiger partial charge is 0.493 e. The fourth-order valence-electron chi connectivity index (χ4n) is 2.93. The second-order valence-electron chi connectivity index (χ2n) is 7.01. The number of likely N-dealkylation sites (tertiary alicyclic amines) is 1. The summed E-state index contributed by atoms with van der Waals surface area (Å²) in [4.78, 5) is 25.1. The van der Waals surface area contributed by atoms with Crippen LogP contribution in [0, 0.1) is 19.3 Å². The Bertz CT molecular complexity index is 613. The molecule has 5 heteroatoms. The molecule has 5 nitrogen and oxygen atoms in total. The number of aryl methyl sites for hydroxylation is 2. The Kier molecular flexibility index (Phi) is 5.86. The molecule has 0 spiro atoms. The predicted octanol–water partition coefficient (Wildman–Crippen LogP) is 3.18. The zero-order chi connectivity index (χ0) is 17.7. The molecule has 1 heterocycles. The van der Waals surface area contributed by atoms with E-state index in [-0.39, 0.29) is 5.91 Å². The third-order valence-corrected chi connectivity index (χ3v) is 4.73. The van der Waals surface area contributed by atoms with Crippen LogP contribution in [0.25, 0.3) is 0 Å². The van der Waals surface area contributed by atoms with E-state index in [9.17, 15) is 14.7 Å². The van der Waals surface area contributed by atoms with Crippen LogP contribution in [0.15, 0.2) is 18.2 Å². The number of carbonyl (C=O) groups excluding carboxylic acids is 1. The number of benzene rings is 1. The third kappa shape index (κ3) is 4.49. The van der Waals surface area contributed by atoms with Crippen molar-refractivity contribution in [1.29, 1.82) is 0 Å². The molecule has 1 atom stereocenters. The molecule has 1 aliphatic heterocycles. The van der Waals surface area contributed by atoms with Gasteiger partial charge in [-0.3, -0.25) is 9.59 Å². The van der Waals surface area contributed by atoms with Crippen molar-refractivity contribution < 1.29 is 19.4 Å². The minimum Gasteiger partial charge on any atom is -0.493 e. The number of ether oxygens (including phenoxy) is 1. The van der Waals surface area contributed by atoms with E-state index in [2.05, 4.69) is 6.07 Å². The molecular weight excluding hydrogens is 306 g/mol. The molecule has 132 valence electrons. The fraction of sp³-hybridized carbons (Fsp3) is 0.579. The first-order valence-corrected chi connectivity index (χ1v) is 8.53. The minimum atomic E-state index is -0.820. The Balaban J connectivity index is 1.68. The summed E-state index contributed by atoms with van der Waals surface area (Å²) in [5.41, 5.74) is 1.49. The van der Waals surface area contributed by atoms with Gasteiger partial charge in [-0.2, -0.15) is 0 Å². The molecule has 1 aromatic rings. The van der Waals surface area contributed by atoms with E-state index in [4.69, 9.17) is 4.74 Å². The number of nitrogens with zero attached hydrogens (tertiary/aromatic N) is 1.